The maximum atomic E-state index is 12.3. The molecule has 1 amide bonds. The first kappa shape index (κ1) is 18.7. The Morgan fingerprint density at radius 1 is 0.920 bits per heavy atom. The van der Waals surface area contributed by atoms with Crippen LogP contribution in [0, 0.1) is 0 Å². The molecule has 2 aromatic carbocycles. The molecule has 0 aliphatic rings. The van der Waals surface area contributed by atoms with Gasteiger partial charge in [0, 0.05) is 16.9 Å². The largest absolute Gasteiger partial charge is 0.374 e. The minimum Gasteiger partial charge on any atom is -0.374 e. The molecule has 0 aliphatic heterocycles. The first-order chi connectivity index (χ1) is 11.9. The van der Waals surface area contributed by atoms with Gasteiger partial charge in [-0.15, -0.1) is 0 Å². The van der Waals surface area contributed by atoms with Crippen molar-refractivity contribution in [3.8, 4) is 0 Å². The molecule has 2 rings (SSSR count). The van der Waals surface area contributed by atoms with Crippen molar-refractivity contribution >= 4 is 23.1 Å². The smallest absolute Gasteiger partial charge is 0.246 e. The lowest BCUT2D eigenvalue weighted by Gasteiger charge is -2.16. The summed E-state index contributed by atoms with van der Waals surface area (Å²) in [4.78, 5) is 23.6. The fourth-order valence-corrected chi connectivity index (χ4v) is 2.50. The minimum absolute atomic E-state index is 0.00810. The zero-order valence-electron chi connectivity index (χ0n) is 15.3. The predicted molar refractivity (Wildman–Crippen MR) is 103 cm³/mol. The third-order valence-corrected chi connectivity index (χ3v) is 4.43. The molecule has 0 saturated carbocycles. The lowest BCUT2D eigenvalue weighted by Crippen LogP contribution is -2.31. The molecule has 4 heteroatoms. The van der Waals surface area contributed by atoms with Crippen LogP contribution in [0.3, 0.4) is 0 Å². The van der Waals surface area contributed by atoms with Crippen molar-refractivity contribution in [2.24, 2.45) is 0 Å². The normalized spacial score (nSPS) is 13.0. The maximum Gasteiger partial charge on any atom is 0.246 e. The number of amides is 1. The van der Waals surface area contributed by atoms with Gasteiger partial charge in [-0.1, -0.05) is 26.0 Å². The van der Waals surface area contributed by atoms with Gasteiger partial charge in [0.25, 0.3) is 0 Å². The standard InChI is InChI=1S/C21H26N2O2/c1-5-14(2)17-6-10-19(11-7-17)22-15(3)21(25)23-20-12-8-18(9-13-20)16(4)24/h6-15,22H,5H2,1-4H3,(H,23,25)/t14-,15+/m0/s1. The molecule has 0 fully saturated rings. The number of carbonyl (C=O) groups is 2. The molecule has 0 aromatic heterocycles. The third-order valence-electron chi connectivity index (χ3n) is 4.43. The van der Waals surface area contributed by atoms with Crippen LogP contribution < -0.4 is 10.6 Å². The molecule has 0 bridgehead atoms. The summed E-state index contributed by atoms with van der Waals surface area (Å²) in [6.45, 7) is 7.72. The lowest BCUT2D eigenvalue weighted by atomic mass is 9.98. The van der Waals surface area contributed by atoms with Gasteiger partial charge in [-0.05, 0) is 68.1 Å². The van der Waals surface area contributed by atoms with E-state index in [1.807, 2.05) is 19.1 Å². The molecule has 0 aliphatic carbocycles. The molecule has 0 spiro atoms. The molecule has 0 radical (unpaired) electrons. The van der Waals surface area contributed by atoms with Gasteiger partial charge in [-0.2, -0.15) is 0 Å². The first-order valence-electron chi connectivity index (χ1n) is 8.69. The topological polar surface area (TPSA) is 58.2 Å². The summed E-state index contributed by atoms with van der Waals surface area (Å²) in [5.41, 5.74) is 3.53. The summed E-state index contributed by atoms with van der Waals surface area (Å²) < 4.78 is 0. The van der Waals surface area contributed by atoms with Crippen molar-refractivity contribution < 1.29 is 9.59 Å². The summed E-state index contributed by atoms with van der Waals surface area (Å²) in [5.74, 6) is 0.420. The number of nitrogens with one attached hydrogen (secondary N) is 2. The number of hydrogen-bond donors (Lipinski definition) is 2. The number of Topliss-reactive ketones (excluding diaryl/α,β-unsaturated/α-hetero) is 1. The van der Waals surface area contributed by atoms with E-state index in [0.717, 1.165) is 12.1 Å². The molecule has 2 atom stereocenters. The van der Waals surface area contributed by atoms with Gasteiger partial charge < -0.3 is 10.6 Å². The van der Waals surface area contributed by atoms with E-state index in [2.05, 4.69) is 36.6 Å². The van der Waals surface area contributed by atoms with Crippen molar-refractivity contribution in [1.82, 2.24) is 0 Å². The van der Waals surface area contributed by atoms with Crippen molar-refractivity contribution in [2.75, 3.05) is 10.6 Å². The monoisotopic (exact) mass is 338 g/mol. The molecular formula is C21H26N2O2. The second-order valence-electron chi connectivity index (χ2n) is 6.42. The SMILES string of the molecule is CC[C@H](C)c1ccc(N[C@H](C)C(=O)Nc2ccc(C(C)=O)cc2)cc1. The Kier molecular flexibility index (Phi) is 6.34. The van der Waals surface area contributed by atoms with Crippen LogP contribution in [0.2, 0.25) is 0 Å². The maximum absolute atomic E-state index is 12.3. The van der Waals surface area contributed by atoms with E-state index < -0.39 is 0 Å². The lowest BCUT2D eigenvalue weighted by molar-refractivity contribution is -0.116. The second kappa shape index (κ2) is 8.47. The highest BCUT2D eigenvalue weighted by Gasteiger charge is 2.13. The summed E-state index contributed by atoms with van der Waals surface area (Å²) in [6, 6.07) is 14.7. The molecule has 2 aromatic rings. The van der Waals surface area contributed by atoms with Crippen LogP contribution in [0.15, 0.2) is 48.5 Å². The summed E-state index contributed by atoms with van der Waals surface area (Å²) >= 11 is 0. The van der Waals surface area contributed by atoms with Crippen molar-refractivity contribution in [3.05, 3.63) is 59.7 Å². The number of carbonyl (C=O) groups excluding carboxylic acids is 2. The van der Waals surface area contributed by atoms with Gasteiger partial charge >= 0.3 is 0 Å². The zero-order valence-corrected chi connectivity index (χ0v) is 15.3. The number of anilines is 2. The molecule has 0 unspecified atom stereocenters. The molecular weight excluding hydrogens is 312 g/mol. The van der Waals surface area contributed by atoms with Crippen molar-refractivity contribution in [1.29, 1.82) is 0 Å². The van der Waals surface area contributed by atoms with Crippen LogP contribution in [0.4, 0.5) is 11.4 Å². The Labute approximate surface area is 149 Å². The summed E-state index contributed by atoms with van der Waals surface area (Å²) in [7, 11) is 0. The van der Waals surface area contributed by atoms with E-state index in [1.54, 1.807) is 24.3 Å². The Morgan fingerprint density at radius 2 is 1.48 bits per heavy atom. The fourth-order valence-electron chi connectivity index (χ4n) is 2.50. The molecule has 4 nitrogen and oxygen atoms in total. The average Bonchev–Trinajstić information content (AvgIpc) is 2.62. The first-order valence-corrected chi connectivity index (χ1v) is 8.69. The van der Waals surface area contributed by atoms with Gasteiger partial charge in [-0.3, -0.25) is 9.59 Å². The minimum atomic E-state index is -0.373. The summed E-state index contributed by atoms with van der Waals surface area (Å²) in [6.07, 6.45) is 1.11. The molecule has 25 heavy (non-hydrogen) atoms. The van der Waals surface area contributed by atoms with E-state index in [0.29, 0.717) is 17.2 Å². The number of rotatable bonds is 7. The van der Waals surface area contributed by atoms with Crippen LogP contribution >= 0.6 is 0 Å². The van der Waals surface area contributed by atoms with Gasteiger partial charge in [0.05, 0.1) is 0 Å². The number of benzene rings is 2. The van der Waals surface area contributed by atoms with Gasteiger partial charge in [-0.25, -0.2) is 0 Å². The van der Waals surface area contributed by atoms with Crippen molar-refractivity contribution in [2.45, 2.75) is 46.1 Å². The van der Waals surface area contributed by atoms with E-state index in [9.17, 15) is 9.59 Å². The Hall–Kier alpha value is -2.62. The van der Waals surface area contributed by atoms with Crippen LogP contribution in [0.1, 0.15) is 56.0 Å². The van der Waals surface area contributed by atoms with Crippen LogP contribution in [0.25, 0.3) is 0 Å². The van der Waals surface area contributed by atoms with E-state index in [1.165, 1.54) is 12.5 Å². The Balaban J connectivity index is 1.94. The predicted octanol–water partition coefficient (Wildman–Crippen LogP) is 4.84. The zero-order chi connectivity index (χ0) is 18.4. The van der Waals surface area contributed by atoms with Crippen LogP contribution in [-0.4, -0.2) is 17.7 Å². The van der Waals surface area contributed by atoms with Crippen molar-refractivity contribution in [3.63, 3.8) is 0 Å². The second-order valence-corrected chi connectivity index (χ2v) is 6.42. The molecule has 2 N–H and O–H groups in total. The summed E-state index contributed by atoms with van der Waals surface area (Å²) in [5, 5.41) is 6.06. The molecule has 132 valence electrons. The van der Waals surface area contributed by atoms with Gasteiger partial charge in [0.15, 0.2) is 5.78 Å². The third kappa shape index (κ3) is 5.18. The van der Waals surface area contributed by atoms with E-state index in [-0.39, 0.29) is 17.7 Å². The van der Waals surface area contributed by atoms with Gasteiger partial charge in [0.2, 0.25) is 5.91 Å². The highest BCUT2D eigenvalue weighted by Crippen LogP contribution is 2.21. The van der Waals surface area contributed by atoms with E-state index >= 15 is 0 Å². The Morgan fingerprint density at radius 3 is 2.00 bits per heavy atom. The molecule has 0 heterocycles. The van der Waals surface area contributed by atoms with Crippen LogP contribution in [0.5, 0.6) is 0 Å². The average molecular weight is 338 g/mol. The highest BCUT2D eigenvalue weighted by atomic mass is 16.2. The van der Waals surface area contributed by atoms with Crippen LogP contribution in [-0.2, 0) is 4.79 Å². The van der Waals surface area contributed by atoms with E-state index in [4.69, 9.17) is 0 Å². The van der Waals surface area contributed by atoms with Gasteiger partial charge in [0.1, 0.15) is 6.04 Å². The number of hydrogen-bond acceptors (Lipinski definition) is 3. The molecule has 0 saturated heterocycles. The quantitative estimate of drug-likeness (QED) is 0.710. The highest BCUT2D eigenvalue weighted by molar-refractivity contribution is 5.97. The Bertz CT molecular complexity index is 721. The fraction of sp³-hybridized carbons (Fsp3) is 0.333. The number of ketones is 1.